The summed E-state index contributed by atoms with van der Waals surface area (Å²) in [6, 6.07) is 0. The van der Waals surface area contributed by atoms with E-state index in [2.05, 4.69) is 4.74 Å². The number of nitrogens with one attached hydrogen (secondary N) is 2. The van der Waals surface area contributed by atoms with E-state index in [1.165, 1.54) is 13.8 Å². The van der Waals surface area contributed by atoms with Crippen LogP contribution in [0.4, 0.5) is 0 Å². The van der Waals surface area contributed by atoms with Crippen molar-refractivity contribution in [1.29, 1.82) is 0 Å². The Morgan fingerprint density at radius 1 is 1.27 bits per heavy atom. The van der Waals surface area contributed by atoms with Crippen LogP contribution in [-0.2, 0) is 29.4 Å². The number of rotatable bonds is 6. The number of sulfone groups is 1. The first-order chi connectivity index (χ1) is 12.0. The van der Waals surface area contributed by atoms with Crippen molar-refractivity contribution in [2.45, 2.75) is 31.6 Å². The zero-order valence-electron chi connectivity index (χ0n) is 14.5. The van der Waals surface area contributed by atoms with E-state index in [4.69, 9.17) is 4.42 Å². The number of carbonyl (C=O) groups is 2. The van der Waals surface area contributed by atoms with Crippen LogP contribution in [0.25, 0.3) is 0 Å². The number of furan rings is 1. The number of sulfonamides is 1. The molecule has 0 bridgehead atoms. The van der Waals surface area contributed by atoms with Crippen molar-refractivity contribution in [3.63, 3.8) is 0 Å². The van der Waals surface area contributed by atoms with E-state index in [1.54, 1.807) is 0 Å². The molecule has 0 aromatic carbocycles. The number of hydrogen-bond acceptors (Lipinski definition) is 8. The van der Waals surface area contributed by atoms with Gasteiger partial charge in [-0.2, -0.15) is 0 Å². The number of hydrogen-bond donors (Lipinski definition) is 2. The van der Waals surface area contributed by atoms with Crippen molar-refractivity contribution in [2.24, 2.45) is 5.92 Å². The highest BCUT2D eigenvalue weighted by molar-refractivity contribution is 7.91. The first kappa shape index (κ1) is 20.4. The average Bonchev–Trinajstić information content (AvgIpc) is 3.03. The second-order valence-corrected chi connectivity index (χ2v) is 9.88. The van der Waals surface area contributed by atoms with Crippen molar-refractivity contribution in [1.82, 2.24) is 10.3 Å². The lowest BCUT2D eigenvalue weighted by Gasteiger charge is -2.11. The van der Waals surface area contributed by atoms with Crippen LogP contribution in [0.5, 0.6) is 0 Å². The molecule has 0 aliphatic carbocycles. The van der Waals surface area contributed by atoms with Crippen LogP contribution in [0, 0.1) is 19.8 Å². The summed E-state index contributed by atoms with van der Waals surface area (Å²) in [4.78, 5) is 25.2. The molecule has 0 radical (unpaired) electrons. The van der Waals surface area contributed by atoms with E-state index in [1.807, 2.05) is 10.3 Å². The number of amides is 1. The van der Waals surface area contributed by atoms with Gasteiger partial charge in [0.15, 0.2) is 9.84 Å². The normalized spacial score (nSPS) is 19.3. The zero-order chi connectivity index (χ0) is 19.7. The summed E-state index contributed by atoms with van der Waals surface area (Å²) >= 11 is 0. The third-order valence-corrected chi connectivity index (χ3v) is 7.23. The summed E-state index contributed by atoms with van der Waals surface area (Å²) in [5.41, 5.74) is 1.77. The highest BCUT2D eigenvalue weighted by atomic mass is 32.2. The molecule has 1 aliphatic heterocycles. The molecule has 0 saturated carbocycles. The topological polar surface area (TPSA) is 149 Å². The number of methoxy groups -OCH3 is 1. The molecule has 12 heteroatoms. The Kier molecular flexibility index (Phi) is 5.78. The SMILES string of the molecule is COC(=O)c1c(C)oc(C)c1S(=O)(=O)NNC(=O)C[C@H]1CCS(=O)(=O)C1. The van der Waals surface area contributed by atoms with Gasteiger partial charge in [0.05, 0.1) is 18.6 Å². The van der Waals surface area contributed by atoms with E-state index in [0.29, 0.717) is 6.42 Å². The van der Waals surface area contributed by atoms with Crippen molar-refractivity contribution in [2.75, 3.05) is 18.6 Å². The summed E-state index contributed by atoms with van der Waals surface area (Å²) in [6.07, 6.45) is 0.226. The van der Waals surface area contributed by atoms with E-state index < -0.39 is 36.6 Å². The van der Waals surface area contributed by atoms with Gasteiger partial charge in [-0.25, -0.2) is 21.6 Å². The lowest BCUT2D eigenvalue weighted by Crippen LogP contribution is -2.42. The Bertz CT molecular complexity index is 930. The number of esters is 1. The van der Waals surface area contributed by atoms with Crippen LogP contribution >= 0.6 is 0 Å². The molecule has 1 saturated heterocycles. The molecular formula is C14H20N2O8S2. The Balaban J connectivity index is 2.10. The highest BCUT2D eigenvalue weighted by Crippen LogP contribution is 2.27. The van der Waals surface area contributed by atoms with Gasteiger partial charge in [-0.3, -0.25) is 10.2 Å². The molecule has 0 unspecified atom stereocenters. The van der Waals surface area contributed by atoms with Crippen molar-refractivity contribution < 1.29 is 35.6 Å². The lowest BCUT2D eigenvalue weighted by atomic mass is 10.1. The Hall–Kier alpha value is -1.92. The van der Waals surface area contributed by atoms with Gasteiger partial charge >= 0.3 is 5.97 Å². The fourth-order valence-electron chi connectivity index (χ4n) is 2.85. The minimum absolute atomic E-state index is 0.0205. The monoisotopic (exact) mass is 408 g/mol. The molecule has 1 fully saturated rings. The summed E-state index contributed by atoms with van der Waals surface area (Å²) in [5.74, 6) is -1.96. The predicted molar refractivity (Wildman–Crippen MR) is 89.4 cm³/mol. The average molecular weight is 408 g/mol. The Morgan fingerprint density at radius 3 is 2.46 bits per heavy atom. The molecule has 10 nitrogen and oxygen atoms in total. The summed E-state index contributed by atoms with van der Waals surface area (Å²) in [7, 11) is -6.33. The molecule has 26 heavy (non-hydrogen) atoms. The van der Waals surface area contributed by atoms with Gasteiger partial charge in [0.2, 0.25) is 5.91 Å². The first-order valence-corrected chi connectivity index (χ1v) is 11.0. The molecule has 0 spiro atoms. The predicted octanol–water partition coefficient (Wildman–Crippen LogP) is -0.183. The summed E-state index contributed by atoms with van der Waals surface area (Å²) in [5, 5.41) is 0. The van der Waals surface area contributed by atoms with Crippen LogP contribution in [-0.4, -0.2) is 47.3 Å². The minimum Gasteiger partial charge on any atom is -0.465 e. The van der Waals surface area contributed by atoms with Crippen molar-refractivity contribution >= 4 is 31.7 Å². The molecule has 2 rings (SSSR count). The van der Waals surface area contributed by atoms with Crippen molar-refractivity contribution in [3.05, 3.63) is 17.1 Å². The maximum atomic E-state index is 12.5. The standard InChI is InChI=1S/C14H20N2O8S2/c1-8-12(14(18)23-3)13(9(2)24-8)26(21,22)16-15-11(17)6-10-4-5-25(19,20)7-10/h10,16H,4-7H2,1-3H3,(H,15,17)/t10-/m1/s1. The second-order valence-electron chi connectivity index (χ2n) is 6.04. The molecule has 2 heterocycles. The van der Waals surface area contributed by atoms with E-state index in [0.717, 1.165) is 7.11 Å². The van der Waals surface area contributed by atoms with Crippen LogP contribution in [0.1, 0.15) is 34.7 Å². The number of carbonyl (C=O) groups excluding carboxylic acids is 2. The Labute approximate surface area is 151 Å². The fraction of sp³-hybridized carbons (Fsp3) is 0.571. The molecular weight excluding hydrogens is 388 g/mol. The largest absolute Gasteiger partial charge is 0.465 e. The lowest BCUT2D eigenvalue weighted by molar-refractivity contribution is -0.122. The first-order valence-electron chi connectivity index (χ1n) is 7.66. The maximum Gasteiger partial charge on any atom is 0.342 e. The van der Waals surface area contributed by atoms with Crippen LogP contribution in [0.3, 0.4) is 0 Å². The van der Waals surface area contributed by atoms with Crippen LogP contribution < -0.4 is 10.3 Å². The van der Waals surface area contributed by atoms with Gasteiger partial charge in [-0.1, -0.05) is 0 Å². The number of hydrazine groups is 1. The van der Waals surface area contributed by atoms with Crippen molar-refractivity contribution in [3.8, 4) is 0 Å². The molecule has 1 aliphatic rings. The van der Waals surface area contributed by atoms with Gasteiger partial charge < -0.3 is 9.15 Å². The highest BCUT2D eigenvalue weighted by Gasteiger charge is 2.33. The van der Waals surface area contributed by atoms with Crippen LogP contribution in [0.15, 0.2) is 9.31 Å². The minimum atomic E-state index is -4.30. The number of aryl methyl sites for hydroxylation is 2. The van der Waals surface area contributed by atoms with Gasteiger partial charge in [0.1, 0.15) is 22.0 Å². The summed E-state index contributed by atoms with van der Waals surface area (Å²) in [6.45, 7) is 2.77. The van der Waals surface area contributed by atoms with Gasteiger partial charge in [0.25, 0.3) is 10.0 Å². The molecule has 1 aromatic rings. The maximum absolute atomic E-state index is 12.5. The van der Waals surface area contributed by atoms with Gasteiger partial charge in [-0.05, 0) is 26.2 Å². The smallest absolute Gasteiger partial charge is 0.342 e. The molecule has 1 atom stereocenters. The quantitative estimate of drug-likeness (QED) is 0.486. The van der Waals surface area contributed by atoms with E-state index in [9.17, 15) is 26.4 Å². The fourth-order valence-corrected chi connectivity index (χ4v) is 5.97. The van der Waals surface area contributed by atoms with Gasteiger partial charge in [-0.15, -0.1) is 4.83 Å². The van der Waals surface area contributed by atoms with E-state index in [-0.39, 0.29) is 40.9 Å². The molecule has 146 valence electrons. The summed E-state index contributed by atoms with van der Waals surface area (Å²) < 4.78 is 57.5. The molecule has 2 N–H and O–H groups in total. The second kappa shape index (κ2) is 7.37. The third kappa shape index (κ3) is 4.43. The molecule has 1 aromatic heterocycles. The third-order valence-electron chi connectivity index (χ3n) is 3.99. The van der Waals surface area contributed by atoms with Gasteiger partial charge in [0, 0.05) is 6.42 Å². The number of ether oxygens (including phenoxy) is 1. The zero-order valence-corrected chi connectivity index (χ0v) is 16.1. The van der Waals surface area contributed by atoms with Crippen LogP contribution in [0.2, 0.25) is 0 Å². The molecule has 1 amide bonds. The Morgan fingerprint density at radius 2 is 1.92 bits per heavy atom. The van der Waals surface area contributed by atoms with E-state index >= 15 is 0 Å².